The first-order valence-corrected chi connectivity index (χ1v) is 9.75. The normalized spacial score (nSPS) is 28.4. The maximum atomic E-state index is 13.1. The molecule has 1 aromatic rings. The molecular weight excluding hydrogens is 387 g/mol. The Balaban J connectivity index is 0.00000105. The smallest absolute Gasteiger partial charge is 0.255 e. The quantitative estimate of drug-likeness (QED) is 0.793. The molecule has 4 aliphatic rings. The molecule has 3 fully saturated rings. The van der Waals surface area contributed by atoms with Crippen molar-refractivity contribution in [2.24, 2.45) is 5.92 Å². The molecule has 27 heavy (non-hydrogen) atoms. The van der Waals surface area contributed by atoms with Gasteiger partial charge in [0.2, 0.25) is 0 Å². The van der Waals surface area contributed by atoms with E-state index in [4.69, 9.17) is 4.74 Å². The summed E-state index contributed by atoms with van der Waals surface area (Å²) in [6.07, 6.45) is 1.25. The number of piperidine rings is 1. The van der Waals surface area contributed by atoms with Crippen LogP contribution in [0.25, 0.3) is 0 Å². The summed E-state index contributed by atoms with van der Waals surface area (Å²) in [5, 5.41) is 3.39. The second-order valence-corrected chi connectivity index (χ2v) is 8.15. The van der Waals surface area contributed by atoms with E-state index in [0.29, 0.717) is 17.9 Å². The topological polar surface area (TPSA) is 49.7 Å². The van der Waals surface area contributed by atoms with Crippen LogP contribution in [0, 0.1) is 5.92 Å². The SMILES string of the molecule is Cl.Cl.O=c1c(CN2CCOCC2)ccc2n1C[C@H]1C[C@@H]2CN(C2CNC2)C1. The summed E-state index contributed by atoms with van der Waals surface area (Å²) < 4.78 is 7.52. The van der Waals surface area contributed by atoms with Crippen LogP contribution in [0.2, 0.25) is 0 Å². The molecule has 8 heteroatoms. The van der Waals surface area contributed by atoms with E-state index in [1.165, 1.54) is 12.1 Å². The number of nitrogens with one attached hydrogen (secondary N) is 1. The molecule has 0 unspecified atom stereocenters. The number of morpholine rings is 1. The van der Waals surface area contributed by atoms with Crippen molar-refractivity contribution in [1.82, 2.24) is 19.7 Å². The molecule has 0 amide bonds. The number of hydrogen-bond donors (Lipinski definition) is 1. The van der Waals surface area contributed by atoms with E-state index in [2.05, 4.69) is 31.8 Å². The summed E-state index contributed by atoms with van der Waals surface area (Å²) in [6.45, 7) is 9.61. The highest BCUT2D eigenvalue weighted by Crippen LogP contribution is 2.36. The summed E-state index contributed by atoms with van der Waals surface area (Å²) in [5.74, 6) is 1.15. The van der Waals surface area contributed by atoms with E-state index in [-0.39, 0.29) is 30.4 Å². The molecule has 5 rings (SSSR count). The van der Waals surface area contributed by atoms with E-state index in [1.807, 2.05) is 0 Å². The van der Waals surface area contributed by atoms with Crippen molar-refractivity contribution in [1.29, 1.82) is 0 Å². The van der Waals surface area contributed by atoms with Crippen molar-refractivity contribution in [3.63, 3.8) is 0 Å². The maximum absolute atomic E-state index is 13.1. The van der Waals surface area contributed by atoms with Gasteiger partial charge in [0.25, 0.3) is 5.56 Å². The van der Waals surface area contributed by atoms with E-state index in [9.17, 15) is 4.79 Å². The fraction of sp³-hybridized carbons (Fsp3) is 0.737. The third-order valence-corrected chi connectivity index (χ3v) is 6.49. The average Bonchev–Trinajstić information content (AvgIpc) is 2.57. The van der Waals surface area contributed by atoms with Crippen LogP contribution in [0.5, 0.6) is 0 Å². The predicted molar refractivity (Wildman–Crippen MR) is 110 cm³/mol. The van der Waals surface area contributed by atoms with Gasteiger partial charge < -0.3 is 14.6 Å². The predicted octanol–water partition coefficient (Wildman–Crippen LogP) is 0.915. The minimum Gasteiger partial charge on any atom is -0.379 e. The van der Waals surface area contributed by atoms with Crippen molar-refractivity contribution in [3.8, 4) is 0 Å². The number of rotatable bonds is 3. The first-order chi connectivity index (χ1) is 12.3. The lowest BCUT2D eigenvalue weighted by molar-refractivity contribution is 0.0337. The summed E-state index contributed by atoms with van der Waals surface area (Å²) in [5.41, 5.74) is 2.46. The zero-order valence-electron chi connectivity index (χ0n) is 15.6. The van der Waals surface area contributed by atoms with Crippen molar-refractivity contribution in [3.05, 3.63) is 33.7 Å². The molecule has 152 valence electrons. The number of halogens is 2. The van der Waals surface area contributed by atoms with Gasteiger partial charge in [-0.3, -0.25) is 14.6 Å². The monoisotopic (exact) mass is 416 g/mol. The molecule has 2 bridgehead atoms. The minimum absolute atomic E-state index is 0. The van der Waals surface area contributed by atoms with Crippen molar-refractivity contribution < 1.29 is 4.74 Å². The van der Waals surface area contributed by atoms with Gasteiger partial charge in [0.05, 0.1) is 13.2 Å². The van der Waals surface area contributed by atoms with E-state index < -0.39 is 0 Å². The fourth-order valence-corrected chi connectivity index (χ4v) is 4.98. The second-order valence-electron chi connectivity index (χ2n) is 8.15. The minimum atomic E-state index is 0. The Labute approximate surface area is 173 Å². The molecule has 0 saturated carbocycles. The Morgan fingerprint density at radius 2 is 1.85 bits per heavy atom. The number of pyridine rings is 1. The Kier molecular flexibility index (Phi) is 6.88. The Morgan fingerprint density at radius 1 is 1.07 bits per heavy atom. The first kappa shape index (κ1) is 21.1. The van der Waals surface area contributed by atoms with Crippen LogP contribution in [0.3, 0.4) is 0 Å². The fourth-order valence-electron chi connectivity index (χ4n) is 4.98. The summed E-state index contributed by atoms with van der Waals surface area (Å²) in [6, 6.07) is 5.04. The Morgan fingerprint density at radius 3 is 2.56 bits per heavy atom. The summed E-state index contributed by atoms with van der Waals surface area (Å²) in [7, 11) is 0. The summed E-state index contributed by atoms with van der Waals surface area (Å²) >= 11 is 0. The number of hydrogen-bond acceptors (Lipinski definition) is 5. The van der Waals surface area contributed by atoms with Gasteiger partial charge in [-0.1, -0.05) is 6.07 Å². The maximum Gasteiger partial charge on any atom is 0.255 e. The van der Waals surface area contributed by atoms with Crippen molar-refractivity contribution in [2.75, 3.05) is 52.5 Å². The molecule has 5 heterocycles. The third-order valence-electron chi connectivity index (χ3n) is 6.49. The van der Waals surface area contributed by atoms with Gasteiger partial charge in [-0.2, -0.15) is 0 Å². The van der Waals surface area contributed by atoms with Crippen molar-refractivity contribution >= 4 is 24.8 Å². The molecule has 0 aromatic carbocycles. The van der Waals surface area contributed by atoms with E-state index >= 15 is 0 Å². The molecule has 4 aliphatic heterocycles. The number of nitrogens with zero attached hydrogens (tertiary/aromatic N) is 3. The lowest BCUT2D eigenvalue weighted by Gasteiger charge is -2.48. The number of likely N-dealkylation sites (tertiary alicyclic amines) is 1. The number of aromatic nitrogens is 1. The molecule has 6 nitrogen and oxygen atoms in total. The lowest BCUT2D eigenvalue weighted by atomic mass is 9.82. The standard InChI is InChI=1S/C19H28N4O2.2ClH/c24-19-15(12-21-3-5-25-6-4-21)1-2-18-16-7-14(11-23(18)19)10-22(13-16)17-8-20-9-17;;/h1-2,14,16-17,20H,3-13H2;2*1H/t14-,16+;;/m0../s1. The molecule has 3 saturated heterocycles. The van der Waals surface area contributed by atoms with Gasteiger partial charge in [-0.05, 0) is 18.4 Å². The molecule has 0 aliphatic carbocycles. The van der Waals surface area contributed by atoms with Crippen LogP contribution in [0.15, 0.2) is 16.9 Å². The zero-order chi connectivity index (χ0) is 16.8. The van der Waals surface area contributed by atoms with Gasteiger partial charge in [-0.15, -0.1) is 24.8 Å². The highest BCUT2D eigenvalue weighted by molar-refractivity contribution is 5.85. The molecule has 1 aromatic heterocycles. The van der Waals surface area contributed by atoms with Gasteiger partial charge in [0, 0.05) is 75.6 Å². The van der Waals surface area contributed by atoms with Gasteiger partial charge >= 0.3 is 0 Å². The first-order valence-electron chi connectivity index (χ1n) is 9.75. The summed E-state index contributed by atoms with van der Waals surface area (Å²) in [4.78, 5) is 18.1. The molecule has 0 spiro atoms. The largest absolute Gasteiger partial charge is 0.379 e. The van der Waals surface area contributed by atoms with E-state index in [0.717, 1.165) is 71.1 Å². The van der Waals surface area contributed by atoms with Crippen LogP contribution in [-0.4, -0.2) is 72.9 Å². The van der Waals surface area contributed by atoms with Gasteiger partial charge in [0.15, 0.2) is 0 Å². The highest BCUT2D eigenvalue weighted by atomic mass is 35.5. The number of ether oxygens (including phenoxy) is 1. The zero-order valence-corrected chi connectivity index (χ0v) is 17.3. The third kappa shape index (κ3) is 4.07. The van der Waals surface area contributed by atoms with Crippen LogP contribution in [0.1, 0.15) is 23.6 Å². The average molecular weight is 417 g/mol. The van der Waals surface area contributed by atoms with Crippen LogP contribution in [-0.2, 0) is 17.8 Å². The molecule has 1 N–H and O–H groups in total. The molecule has 0 radical (unpaired) electrons. The lowest BCUT2D eigenvalue weighted by Crippen LogP contribution is -2.61. The highest BCUT2D eigenvalue weighted by Gasteiger charge is 2.38. The van der Waals surface area contributed by atoms with Crippen LogP contribution >= 0.6 is 24.8 Å². The molecular formula is C19H30Cl2N4O2. The van der Waals surface area contributed by atoms with Crippen LogP contribution < -0.4 is 10.9 Å². The molecule has 2 atom stereocenters. The Bertz CT molecular complexity index is 703. The van der Waals surface area contributed by atoms with Gasteiger partial charge in [-0.25, -0.2) is 0 Å². The van der Waals surface area contributed by atoms with E-state index in [1.54, 1.807) is 0 Å². The van der Waals surface area contributed by atoms with Gasteiger partial charge in [0.1, 0.15) is 0 Å². The van der Waals surface area contributed by atoms with Crippen molar-refractivity contribution in [2.45, 2.75) is 31.5 Å². The van der Waals surface area contributed by atoms with Crippen LogP contribution in [0.4, 0.5) is 0 Å². The second kappa shape index (κ2) is 8.80. The number of fused-ring (bicyclic) bond motifs is 4. The Hall–Kier alpha value is -0.630.